The van der Waals surface area contributed by atoms with E-state index in [2.05, 4.69) is 10.6 Å². The summed E-state index contributed by atoms with van der Waals surface area (Å²) in [5.74, 6) is 0.472. The Labute approximate surface area is 156 Å². The predicted octanol–water partition coefficient (Wildman–Crippen LogP) is 3.94. The van der Waals surface area contributed by atoms with Crippen molar-refractivity contribution < 1.29 is 14.5 Å². The number of hydrogen-bond donors (Lipinski definition) is 2. The maximum absolute atomic E-state index is 12.1. The molecule has 1 amide bonds. The fourth-order valence-electron chi connectivity index (χ4n) is 2.49. The summed E-state index contributed by atoms with van der Waals surface area (Å²) in [5.41, 5.74) is 1.12. The number of anilines is 1. The Morgan fingerprint density at radius 1 is 1.27 bits per heavy atom. The molecule has 7 nitrogen and oxygen atoms in total. The van der Waals surface area contributed by atoms with Crippen LogP contribution in [0.15, 0.2) is 42.5 Å². The number of nitrogens with one attached hydrogen (secondary N) is 2. The Hall–Kier alpha value is -2.64. The van der Waals surface area contributed by atoms with Gasteiger partial charge in [0.15, 0.2) is 0 Å². The Morgan fingerprint density at radius 3 is 2.54 bits per heavy atom. The highest BCUT2D eigenvalue weighted by atomic mass is 35.5. The van der Waals surface area contributed by atoms with Crippen LogP contribution in [0.25, 0.3) is 0 Å². The maximum Gasteiger partial charge on any atom is 0.289 e. The van der Waals surface area contributed by atoms with Gasteiger partial charge in [0.1, 0.15) is 10.8 Å². The summed E-state index contributed by atoms with van der Waals surface area (Å²) in [7, 11) is 1.61. The minimum Gasteiger partial charge on any atom is -0.497 e. The standard InChI is InChI=1S/C18H20ClN3O4/c1-3-16(12-4-7-14(26-2)8-5-12)20-11-18(23)21-13-6-9-15(19)17(10-13)22(24)25/h4-10,16,20H,3,11H2,1-2H3,(H,21,23). The fraction of sp³-hybridized carbons (Fsp3) is 0.278. The second-order valence-electron chi connectivity index (χ2n) is 5.59. The van der Waals surface area contributed by atoms with Crippen LogP contribution in [0.5, 0.6) is 5.75 Å². The summed E-state index contributed by atoms with van der Waals surface area (Å²) in [6.45, 7) is 2.09. The van der Waals surface area contributed by atoms with Crippen LogP contribution in [0.3, 0.4) is 0 Å². The predicted molar refractivity (Wildman–Crippen MR) is 101 cm³/mol. The first-order valence-electron chi connectivity index (χ1n) is 8.05. The molecule has 1 atom stereocenters. The summed E-state index contributed by atoms with van der Waals surface area (Å²) in [5, 5.41) is 16.7. The van der Waals surface area contributed by atoms with Gasteiger partial charge in [0.2, 0.25) is 5.91 Å². The van der Waals surface area contributed by atoms with E-state index >= 15 is 0 Å². The summed E-state index contributed by atoms with van der Waals surface area (Å²) < 4.78 is 5.14. The molecular formula is C18H20ClN3O4. The molecule has 0 spiro atoms. The zero-order chi connectivity index (χ0) is 19.1. The van der Waals surface area contributed by atoms with Crippen molar-refractivity contribution in [3.8, 4) is 5.75 Å². The fourth-order valence-corrected chi connectivity index (χ4v) is 2.67. The zero-order valence-electron chi connectivity index (χ0n) is 14.5. The average Bonchev–Trinajstić information content (AvgIpc) is 2.64. The van der Waals surface area contributed by atoms with Crippen LogP contribution < -0.4 is 15.4 Å². The van der Waals surface area contributed by atoms with Gasteiger partial charge in [-0.15, -0.1) is 0 Å². The summed E-state index contributed by atoms with van der Waals surface area (Å²) >= 11 is 5.76. The molecule has 1 unspecified atom stereocenters. The first-order valence-corrected chi connectivity index (χ1v) is 8.43. The van der Waals surface area contributed by atoms with E-state index in [-0.39, 0.29) is 29.2 Å². The summed E-state index contributed by atoms with van der Waals surface area (Å²) in [4.78, 5) is 22.4. The van der Waals surface area contributed by atoms with Crippen molar-refractivity contribution in [2.75, 3.05) is 19.0 Å². The lowest BCUT2D eigenvalue weighted by atomic mass is 10.0. The van der Waals surface area contributed by atoms with Crippen molar-refractivity contribution >= 4 is 28.9 Å². The molecule has 138 valence electrons. The van der Waals surface area contributed by atoms with Crippen molar-refractivity contribution in [3.05, 3.63) is 63.2 Å². The second-order valence-corrected chi connectivity index (χ2v) is 5.99. The number of nitrogens with zero attached hydrogens (tertiary/aromatic N) is 1. The van der Waals surface area contributed by atoms with Gasteiger partial charge in [0.25, 0.3) is 5.69 Å². The van der Waals surface area contributed by atoms with Crippen molar-refractivity contribution in [1.82, 2.24) is 5.32 Å². The van der Waals surface area contributed by atoms with Gasteiger partial charge >= 0.3 is 0 Å². The molecule has 2 rings (SSSR count). The van der Waals surface area contributed by atoms with Crippen molar-refractivity contribution in [2.45, 2.75) is 19.4 Å². The molecule has 2 N–H and O–H groups in total. The van der Waals surface area contributed by atoms with Crippen LogP contribution in [0.1, 0.15) is 24.9 Å². The van der Waals surface area contributed by atoms with Gasteiger partial charge in [-0.2, -0.15) is 0 Å². The van der Waals surface area contributed by atoms with Crippen LogP contribution in [0.2, 0.25) is 5.02 Å². The maximum atomic E-state index is 12.1. The minimum absolute atomic E-state index is 0.00575. The molecule has 2 aromatic carbocycles. The highest BCUT2D eigenvalue weighted by Crippen LogP contribution is 2.27. The molecule has 0 saturated heterocycles. The molecule has 0 radical (unpaired) electrons. The number of ether oxygens (including phenoxy) is 1. The molecule has 0 saturated carbocycles. The number of methoxy groups -OCH3 is 1. The minimum atomic E-state index is -0.590. The van der Waals surface area contributed by atoms with Crippen LogP contribution in [0.4, 0.5) is 11.4 Å². The Balaban J connectivity index is 1.96. The van der Waals surface area contributed by atoms with E-state index in [1.165, 1.54) is 18.2 Å². The first kappa shape index (κ1) is 19.7. The zero-order valence-corrected chi connectivity index (χ0v) is 15.2. The second kappa shape index (κ2) is 9.17. The lowest BCUT2D eigenvalue weighted by Crippen LogP contribution is -2.31. The molecule has 0 fully saturated rings. The number of nitro groups is 1. The Morgan fingerprint density at radius 2 is 1.96 bits per heavy atom. The molecule has 0 aliphatic rings. The highest BCUT2D eigenvalue weighted by molar-refractivity contribution is 6.32. The van der Waals surface area contributed by atoms with Gasteiger partial charge in [-0.3, -0.25) is 14.9 Å². The highest BCUT2D eigenvalue weighted by Gasteiger charge is 2.15. The monoisotopic (exact) mass is 377 g/mol. The van der Waals surface area contributed by atoms with Crippen LogP contribution in [-0.2, 0) is 4.79 Å². The normalized spacial score (nSPS) is 11.7. The van der Waals surface area contributed by atoms with Crippen molar-refractivity contribution in [1.29, 1.82) is 0 Å². The molecule has 0 bridgehead atoms. The number of rotatable bonds is 8. The van der Waals surface area contributed by atoms with E-state index in [9.17, 15) is 14.9 Å². The first-order chi connectivity index (χ1) is 12.4. The lowest BCUT2D eigenvalue weighted by molar-refractivity contribution is -0.384. The summed E-state index contributed by atoms with van der Waals surface area (Å²) in [6.07, 6.45) is 0.798. The number of nitro benzene ring substituents is 1. The van der Waals surface area contributed by atoms with E-state index in [1.54, 1.807) is 7.11 Å². The smallest absolute Gasteiger partial charge is 0.289 e. The summed E-state index contributed by atoms with van der Waals surface area (Å²) in [6, 6.07) is 11.8. The van der Waals surface area contributed by atoms with E-state index in [1.807, 2.05) is 31.2 Å². The number of hydrogen-bond acceptors (Lipinski definition) is 5. The average molecular weight is 378 g/mol. The Kier molecular flexibility index (Phi) is 6.94. The van der Waals surface area contributed by atoms with E-state index in [0.29, 0.717) is 5.69 Å². The quantitative estimate of drug-likeness (QED) is 0.537. The largest absolute Gasteiger partial charge is 0.497 e. The number of benzene rings is 2. The van der Waals surface area contributed by atoms with Crippen molar-refractivity contribution in [2.24, 2.45) is 0 Å². The topological polar surface area (TPSA) is 93.5 Å². The van der Waals surface area contributed by atoms with Crippen molar-refractivity contribution in [3.63, 3.8) is 0 Å². The number of halogens is 1. The van der Waals surface area contributed by atoms with Gasteiger partial charge in [0, 0.05) is 17.8 Å². The lowest BCUT2D eigenvalue weighted by Gasteiger charge is -2.17. The van der Waals surface area contributed by atoms with Gasteiger partial charge in [-0.05, 0) is 36.2 Å². The number of carbonyl (C=O) groups excluding carboxylic acids is 1. The molecule has 0 heterocycles. The molecule has 0 aliphatic carbocycles. The number of amides is 1. The van der Waals surface area contributed by atoms with E-state index in [4.69, 9.17) is 16.3 Å². The number of carbonyl (C=O) groups is 1. The molecular weight excluding hydrogens is 358 g/mol. The van der Waals surface area contributed by atoms with E-state index in [0.717, 1.165) is 17.7 Å². The molecule has 8 heteroatoms. The molecule has 0 aromatic heterocycles. The van der Waals surface area contributed by atoms with Gasteiger partial charge in [-0.25, -0.2) is 0 Å². The molecule has 26 heavy (non-hydrogen) atoms. The van der Waals surface area contributed by atoms with Gasteiger partial charge in [-0.1, -0.05) is 30.7 Å². The Bertz CT molecular complexity index is 781. The third-order valence-electron chi connectivity index (χ3n) is 3.86. The SMILES string of the molecule is CCC(NCC(=O)Nc1ccc(Cl)c([N+](=O)[O-])c1)c1ccc(OC)cc1. The molecule has 0 aliphatic heterocycles. The van der Waals surface area contributed by atoms with Crippen LogP contribution in [-0.4, -0.2) is 24.5 Å². The third-order valence-corrected chi connectivity index (χ3v) is 4.18. The molecule has 2 aromatic rings. The third kappa shape index (κ3) is 5.18. The van der Waals surface area contributed by atoms with Gasteiger partial charge in [0.05, 0.1) is 18.6 Å². The van der Waals surface area contributed by atoms with Gasteiger partial charge < -0.3 is 15.4 Å². The van der Waals surface area contributed by atoms with E-state index < -0.39 is 4.92 Å². The van der Waals surface area contributed by atoms with Crippen LogP contribution >= 0.6 is 11.6 Å². The van der Waals surface area contributed by atoms with Crippen LogP contribution in [0, 0.1) is 10.1 Å².